The number of para-hydroxylation sites is 1. The van der Waals surface area contributed by atoms with E-state index >= 15 is 0 Å². The van der Waals surface area contributed by atoms with Crippen molar-refractivity contribution in [3.05, 3.63) is 69.7 Å². The number of nitrogens with zero attached hydrogens (tertiary/aromatic N) is 3. The molecule has 0 atom stereocenters. The van der Waals surface area contributed by atoms with Crippen molar-refractivity contribution in [2.75, 3.05) is 12.8 Å². The predicted octanol–water partition coefficient (Wildman–Crippen LogP) is 4.98. The first-order valence-electron chi connectivity index (χ1n) is 8.67. The monoisotopic (exact) mass is 415 g/mol. The number of benzene rings is 2. The third kappa shape index (κ3) is 5.28. The van der Waals surface area contributed by atoms with Gasteiger partial charge in [-0.1, -0.05) is 72.5 Å². The molecule has 1 aromatic heterocycles. The lowest BCUT2D eigenvalue weighted by atomic mass is 10.1. The minimum absolute atomic E-state index is 0.0759. The molecule has 2 aromatic carbocycles. The van der Waals surface area contributed by atoms with Crippen LogP contribution in [0.15, 0.2) is 58.9 Å². The van der Waals surface area contributed by atoms with Crippen molar-refractivity contribution in [1.82, 2.24) is 14.7 Å². The number of aromatic nitrogens is 2. The Hall–Kier alpha value is -1.96. The second-order valence-electron chi connectivity index (χ2n) is 6.09. The van der Waals surface area contributed by atoms with Gasteiger partial charge < -0.3 is 4.90 Å². The maximum Gasteiger partial charge on any atom is 0.233 e. The third-order valence-electron chi connectivity index (χ3n) is 4.13. The molecule has 0 fully saturated rings. The summed E-state index contributed by atoms with van der Waals surface area (Å²) in [5, 5.41) is 4.54. The number of carbonyl (C=O) groups excluding carboxylic acids is 1. The molecule has 0 unspecified atom stereocenters. The van der Waals surface area contributed by atoms with Gasteiger partial charge in [0.25, 0.3) is 0 Å². The van der Waals surface area contributed by atoms with Crippen LogP contribution in [-0.2, 0) is 17.8 Å². The van der Waals surface area contributed by atoms with Gasteiger partial charge in [-0.05, 0) is 41.9 Å². The molecule has 0 radical (unpaired) electrons. The van der Waals surface area contributed by atoms with Crippen LogP contribution < -0.4 is 0 Å². The van der Waals surface area contributed by atoms with E-state index in [0.717, 1.165) is 22.0 Å². The van der Waals surface area contributed by atoms with E-state index in [1.807, 2.05) is 37.4 Å². The van der Waals surface area contributed by atoms with Crippen LogP contribution in [-0.4, -0.2) is 33.4 Å². The van der Waals surface area contributed by atoms with Gasteiger partial charge in [0.15, 0.2) is 8.29 Å². The standard InChI is InChI=1S/C20H21N3OS3/c1-3-15-9-11-16(12-10-15)13-22(2)18(24)14-26-19-21-23(20(25)27-19)17-7-5-4-6-8-17/h4-12H,3,13-14H2,1-2H3. The molecular weight excluding hydrogens is 394 g/mol. The fraction of sp³-hybridized carbons (Fsp3) is 0.250. The fourth-order valence-electron chi connectivity index (χ4n) is 2.53. The summed E-state index contributed by atoms with van der Waals surface area (Å²) < 4.78 is 3.23. The maximum absolute atomic E-state index is 12.5. The lowest BCUT2D eigenvalue weighted by Gasteiger charge is -2.17. The molecule has 0 aliphatic heterocycles. The summed E-state index contributed by atoms with van der Waals surface area (Å²) in [6, 6.07) is 18.2. The van der Waals surface area contributed by atoms with Crippen molar-refractivity contribution in [2.45, 2.75) is 24.2 Å². The van der Waals surface area contributed by atoms with Crippen LogP contribution in [0.2, 0.25) is 0 Å². The first-order valence-corrected chi connectivity index (χ1v) is 10.9. The zero-order valence-electron chi connectivity index (χ0n) is 15.3. The molecular formula is C20H21N3OS3. The van der Waals surface area contributed by atoms with Crippen LogP contribution in [0.1, 0.15) is 18.1 Å². The minimum atomic E-state index is 0.0759. The zero-order valence-corrected chi connectivity index (χ0v) is 17.7. The lowest BCUT2D eigenvalue weighted by molar-refractivity contribution is -0.127. The first kappa shape index (κ1) is 19.8. The molecule has 0 N–H and O–H groups in total. The minimum Gasteiger partial charge on any atom is -0.341 e. The Kier molecular flexibility index (Phi) is 6.82. The van der Waals surface area contributed by atoms with Crippen molar-refractivity contribution in [1.29, 1.82) is 0 Å². The van der Waals surface area contributed by atoms with E-state index in [1.165, 1.54) is 28.7 Å². The molecule has 7 heteroatoms. The van der Waals surface area contributed by atoms with Gasteiger partial charge >= 0.3 is 0 Å². The molecule has 0 spiro atoms. The Labute approximate surface area is 172 Å². The molecule has 3 rings (SSSR count). The highest BCUT2D eigenvalue weighted by Gasteiger charge is 2.13. The molecule has 1 amide bonds. The van der Waals surface area contributed by atoms with E-state index in [4.69, 9.17) is 12.2 Å². The number of hydrogen-bond donors (Lipinski definition) is 0. The Morgan fingerprint density at radius 2 is 1.81 bits per heavy atom. The molecule has 0 bridgehead atoms. The Morgan fingerprint density at radius 3 is 2.48 bits per heavy atom. The third-order valence-corrected chi connectivity index (χ3v) is 6.48. The van der Waals surface area contributed by atoms with Crippen molar-refractivity contribution in [3.63, 3.8) is 0 Å². The second-order valence-corrected chi connectivity index (χ2v) is 8.93. The quantitative estimate of drug-likeness (QED) is 0.403. The van der Waals surface area contributed by atoms with Crippen LogP contribution in [0.5, 0.6) is 0 Å². The number of hydrogen-bond acceptors (Lipinski definition) is 5. The normalized spacial score (nSPS) is 10.7. The van der Waals surface area contributed by atoms with Gasteiger partial charge in [-0.2, -0.15) is 0 Å². The molecule has 0 aliphatic rings. The van der Waals surface area contributed by atoms with Crippen molar-refractivity contribution >= 4 is 41.2 Å². The Balaban J connectivity index is 1.57. The first-order chi connectivity index (χ1) is 13.1. The molecule has 27 heavy (non-hydrogen) atoms. The second kappa shape index (κ2) is 9.30. The lowest BCUT2D eigenvalue weighted by Crippen LogP contribution is -2.27. The van der Waals surface area contributed by atoms with Gasteiger partial charge in [0.05, 0.1) is 11.4 Å². The number of amides is 1. The topological polar surface area (TPSA) is 38.1 Å². The van der Waals surface area contributed by atoms with Crippen LogP contribution in [0, 0.1) is 3.95 Å². The molecule has 4 nitrogen and oxygen atoms in total. The van der Waals surface area contributed by atoms with E-state index in [9.17, 15) is 4.79 Å². The Bertz CT molecular complexity index is 949. The van der Waals surface area contributed by atoms with Crippen molar-refractivity contribution < 1.29 is 4.79 Å². The van der Waals surface area contributed by atoms with Crippen LogP contribution >= 0.6 is 35.3 Å². The number of rotatable bonds is 7. The van der Waals surface area contributed by atoms with Crippen molar-refractivity contribution in [2.24, 2.45) is 0 Å². The molecule has 3 aromatic rings. The predicted molar refractivity (Wildman–Crippen MR) is 115 cm³/mol. The smallest absolute Gasteiger partial charge is 0.233 e. The molecule has 0 saturated carbocycles. The summed E-state index contributed by atoms with van der Waals surface area (Å²) in [6.45, 7) is 2.74. The van der Waals surface area contributed by atoms with E-state index in [-0.39, 0.29) is 5.91 Å². The van der Waals surface area contributed by atoms with Crippen molar-refractivity contribution in [3.8, 4) is 5.69 Å². The molecule has 0 saturated heterocycles. The SMILES string of the molecule is CCc1ccc(CN(C)C(=O)CSc2nn(-c3ccccc3)c(=S)s2)cc1. The highest BCUT2D eigenvalue weighted by molar-refractivity contribution is 8.01. The largest absolute Gasteiger partial charge is 0.341 e. The summed E-state index contributed by atoms with van der Waals surface area (Å²) in [5.74, 6) is 0.424. The maximum atomic E-state index is 12.5. The molecule has 1 heterocycles. The van der Waals surface area contributed by atoms with Gasteiger partial charge in [-0.3, -0.25) is 4.79 Å². The number of aryl methyl sites for hydroxylation is 1. The number of thioether (sulfide) groups is 1. The summed E-state index contributed by atoms with van der Waals surface area (Å²) in [6.07, 6.45) is 1.02. The Morgan fingerprint density at radius 1 is 1.15 bits per heavy atom. The molecule has 0 aliphatic carbocycles. The van der Waals surface area contributed by atoms with E-state index < -0.39 is 0 Å². The average Bonchev–Trinajstić information content (AvgIpc) is 3.08. The van der Waals surface area contributed by atoms with Gasteiger partial charge in [-0.15, -0.1) is 5.10 Å². The zero-order chi connectivity index (χ0) is 19.2. The summed E-state index contributed by atoms with van der Waals surface area (Å²) in [7, 11) is 1.83. The number of carbonyl (C=O) groups is 1. The van der Waals surface area contributed by atoms with Gasteiger partial charge in [-0.25, -0.2) is 4.68 Å². The van der Waals surface area contributed by atoms with Gasteiger partial charge in [0.1, 0.15) is 0 Å². The van der Waals surface area contributed by atoms with Crippen LogP contribution in [0.25, 0.3) is 5.69 Å². The van der Waals surface area contributed by atoms with Gasteiger partial charge in [0.2, 0.25) is 5.91 Å². The summed E-state index contributed by atoms with van der Waals surface area (Å²) >= 11 is 8.27. The highest BCUT2D eigenvalue weighted by Crippen LogP contribution is 2.24. The van der Waals surface area contributed by atoms with Crippen LogP contribution in [0.4, 0.5) is 0 Å². The highest BCUT2D eigenvalue weighted by atomic mass is 32.2. The average molecular weight is 416 g/mol. The fourth-order valence-corrected chi connectivity index (χ4v) is 4.83. The van der Waals surface area contributed by atoms with E-state index in [0.29, 0.717) is 16.3 Å². The summed E-state index contributed by atoms with van der Waals surface area (Å²) in [4.78, 5) is 14.2. The van der Waals surface area contributed by atoms with Gasteiger partial charge in [0, 0.05) is 13.6 Å². The molecule has 140 valence electrons. The van der Waals surface area contributed by atoms with Crippen LogP contribution in [0.3, 0.4) is 0 Å². The van der Waals surface area contributed by atoms with E-state index in [1.54, 1.807) is 9.58 Å². The van der Waals surface area contributed by atoms with E-state index in [2.05, 4.69) is 36.3 Å². The summed E-state index contributed by atoms with van der Waals surface area (Å²) in [5.41, 5.74) is 3.38.